The molecule has 0 spiro atoms. The minimum absolute atomic E-state index is 0.138. The summed E-state index contributed by atoms with van der Waals surface area (Å²) in [7, 11) is 0. The molecule has 0 saturated heterocycles. The molecule has 0 radical (unpaired) electrons. The zero-order valence-corrected chi connectivity index (χ0v) is 12.3. The van der Waals surface area contributed by atoms with Crippen molar-refractivity contribution < 1.29 is 4.79 Å². The maximum atomic E-state index is 12.2. The van der Waals surface area contributed by atoms with Gasteiger partial charge in [0, 0.05) is 31.4 Å². The van der Waals surface area contributed by atoms with Crippen LogP contribution in [0.4, 0.5) is 5.69 Å². The summed E-state index contributed by atoms with van der Waals surface area (Å²) >= 11 is 0. The number of pyridine rings is 1. The molecule has 2 aromatic rings. The minimum atomic E-state index is -0.138. The first-order valence-electron chi connectivity index (χ1n) is 7.03. The van der Waals surface area contributed by atoms with Gasteiger partial charge in [0.15, 0.2) is 0 Å². The van der Waals surface area contributed by atoms with Crippen LogP contribution >= 0.6 is 0 Å². The summed E-state index contributed by atoms with van der Waals surface area (Å²) in [6.45, 7) is 5.30. The summed E-state index contributed by atoms with van der Waals surface area (Å²) in [6, 6.07) is 1.89. The number of amides is 1. The molecule has 3 N–H and O–H groups in total. The highest BCUT2D eigenvalue weighted by Gasteiger charge is 2.12. The van der Waals surface area contributed by atoms with E-state index in [0.717, 1.165) is 30.2 Å². The van der Waals surface area contributed by atoms with E-state index >= 15 is 0 Å². The minimum Gasteiger partial charge on any atom is -0.384 e. The molecular weight excluding hydrogens is 268 g/mol. The summed E-state index contributed by atoms with van der Waals surface area (Å²) in [4.78, 5) is 20.4. The van der Waals surface area contributed by atoms with E-state index in [1.807, 2.05) is 13.0 Å². The molecule has 0 fully saturated rings. The van der Waals surface area contributed by atoms with Crippen molar-refractivity contribution in [3.8, 4) is 0 Å². The predicted molar refractivity (Wildman–Crippen MR) is 80.2 cm³/mol. The molecule has 0 aliphatic rings. The van der Waals surface area contributed by atoms with Gasteiger partial charge in [0.2, 0.25) is 0 Å². The Balaban J connectivity index is 1.97. The first-order chi connectivity index (χ1) is 10.2. The molecular formula is C14H20N6O. The average molecular weight is 288 g/mol. The zero-order valence-electron chi connectivity index (χ0n) is 12.3. The van der Waals surface area contributed by atoms with Gasteiger partial charge in [-0.3, -0.25) is 14.9 Å². The van der Waals surface area contributed by atoms with Gasteiger partial charge in [-0.15, -0.1) is 0 Å². The number of aromatic nitrogens is 4. The maximum absolute atomic E-state index is 12.2. The van der Waals surface area contributed by atoms with Gasteiger partial charge >= 0.3 is 0 Å². The number of aryl methyl sites for hydroxylation is 1. The molecule has 0 saturated carbocycles. The van der Waals surface area contributed by atoms with Crippen molar-refractivity contribution in [2.24, 2.45) is 0 Å². The van der Waals surface area contributed by atoms with E-state index in [2.05, 4.69) is 37.7 Å². The number of hydrogen-bond acceptors (Lipinski definition) is 5. The van der Waals surface area contributed by atoms with E-state index in [1.165, 1.54) is 6.33 Å². The highest BCUT2D eigenvalue weighted by molar-refractivity contribution is 5.99. The Bertz CT molecular complexity index is 581. The quantitative estimate of drug-likeness (QED) is 0.714. The molecule has 2 aromatic heterocycles. The largest absolute Gasteiger partial charge is 0.384 e. The van der Waals surface area contributed by atoms with Crippen LogP contribution in [-0.2, 0) is 6.42 Å². The number of anilines is 1. The third kappa shape index (κ3) is 4.27. The van der Waals surface area contributed by atoms with Gasteiger partial charge in [0.25, 0.3) is 5.91 Å². The summed E-state index contributed by atoms with van der Waals surface area (Å²) in [5.74, 6) is 0.613. The van der Waals surface area contributed by atoms with Gasteiger partial charge < -0.3 is 10.6 Å². The number of aromatic amines is 1. The smallest absolute Gasteiger partial charge is 0.254 e. The molecule has 0 atom stereocenters. The van der Waals surface area contributed by atoms with Crippen molar-refractivity contribution in [1.29, 1.82) is 0 Å². The van der Waals surface area contributed by atoms with E-state index in [0.29, 0.717) is 18.5 Å². The lowest BCUT2D eigenvalue weighted by Crippen LogP contribution is -2.27. The summed E-state index contributed by atoms with van der Waals surface area (Å²) in [5.41, 5.74) is 2.26. The third-order valence-corrected chi connectivity index (χ3v) is 2.96. The topological polar surface area (TPSA) is 95.6 Å². The van der Waals surface area contributed by atoms with Gasteiger partial charge in [-0.05, 0) is 19.4 Å². The molecule has 0 unspecified atom stereocenters. The molecule has 7 heteroatoms. The van der Waals surface area contributed by atoms with Crippen molar-refractivity contribution in [3.05, 3.63) is 35.7 Å². The van der Waals surface area contributed by atoms with Crippen LogP contribution < -0.4 is 10.6 Å². The predicted octanol–water partition coefficient (Wildman–Crippen LogP) is 1.30. The monoisotopic (exact) mass is 288 g/mol. The molecule has 2 rings (SSSR count). The van der Waals surface area contributed by atoms with Gasteiger partial charge in [-0.2, -0.15) is 5.10 Å². The fourth-order valence-electron chi connectivity index (χ4n) is 1.89. The van der Waals surface area contributed by atoms with Gasteiger partial charge in [0.05, 0.1) is 11.3 Å². The van der Waals surface area contributed by atoms with Crippen LogP contribution in [0.1, 0.15) is 35.2 Å². The standard InChI is InChI=1S/C14H20N6O/c1-3-5-15-12-7-10(2)17-8-11(12)14(21)16-6-4-13-18-9-19-20-13/h7-9H,3-6H2,1-2H3,(H,15,17)(H,16,21)(H,18,19,20). The molecule has 1 amide bonds. The van der Waals surface area contributed by atoms with Crippen molar-refractivity contribution in [2.45, 2.75) is 26.7 Å². The Labute approximate surface area is 123 Å². The van der Waals surface area contributed by atoms with Crippen LogP contribution in [0.2, 0.25) is 0 Å². The highest BCUT2D eigenvalue weighted by Crippen LogP contribution is 2.15. The molecule has 0 aromatic carbocycles. The van der Waals surface area contributed by atoms with Gasteiger partial charge in [-0.1, -0.05) is 6.92 Å². The molecule has 7 nitrogen and oxygen atoms in total. The second kappa shape index (κ2) is 7.37. The molecule has 0 bridgehead atoms. The summed E-state index contributed by atoms with van der Waals surface area (Å²) in [5, 5.41) is 12.7. The maximum Gasteiger partial charge on any atom is 0.254 e. The Morgan fingerprint density at radius 2 is 2.19 bits per heavy atom. The van der Waals surface area contributed by atoms with E-state index in [4.69, 9.17) is 0 Å². The van der Waals surface area contributed by atoms with Crippen LogP contribution in [0.3, 0.4) is 0 Å². The Hall–Kier alpha value is -2.44. The van der Waals surface area contributed by atoms with Crippen LogP contribution in [0.25, 0.3) is 0 Å². The summed E-state index contributed by atoms with van der Waals surface area (Å²) in [6.07, 6.45) is 4.67. The second-order valence-corrected chi connectivity index (χ2v) is 4.74. The van der Waals surface area contributed by atoms with E-state index in [9.17, 15) is 4.79 Å². The van der Waals surface area contributed by atoms with E-state index < -0.39 is 0 Å². The lowest BCUT2D eigenvalue weighted by Gasteiger charge is -2.12. The fraction of sp³-hybridized carbons (Fsp3) is 0.429. The number of nitrogens with zero attached hydrogens (tertiary/aromatic N) is 3. The van der Waals surface area contributed by atoms with Crippen molar-refractivity contribution in [1.82, 2.24) is 25.5 Å². The lowest BCUT2D eigenvalue weighted by molar-refractivity contribution is 0.0954. The van der Waals surface area contributed by atoms with Crippen molar-refractivity contribution >= 4 is 11.6 Å². The van der Waals surface area contributed by atoms with Crippen LogP contribution in [-0.4, -0.2) is 39.2 Å². The third-order valence-electron chi connectivity index (χ3n) is 2.96. The van der Waals surface area contributed by atoms with Crippen molar-refractivity contribution in [2.75, 3.05) is 18.4 Å². The van der Waals surface area contributed by atoms with Gasteiger partial charge in [0.1, 0.15) is 12.2 Å². The van der Waals surface area contributed by atoms with E-state index in [1.54, 1.807) is 6.20 Å². The number of rotatable bonds is 7. The molecule has 2 heterocycles. The highest BCUT2D eigenvalue weighted by atomic mass is 16.1. The Morgan fingerprint density at radius 1 is 1.33 bits per heavy atom. The summed E-state index contributed by atoms with van der Waals surface area (Å²) < 4.78 is 0. The lowest BCUT2D eigenvalue weighted by atomic mass is 10.2. The number of hydrogen-bond donors (Lipinski definition) is 3. The second-order valence-electron chi connectivity index (χ2n) is 4.74. The Kier molecular flexibility index (Phi) is 5.25. The van der Waals surface area contributed by atoms with Crippen LogP contribution in [0.5, 0.6) is 0 Å². The average Bonchev–Trinajstić information content (AvgIpc) is 2.98. The number of carbonyl (C=O) groups excluding carboxylic acids is 1. The Morgan fingerprint density at radius 3 is 2.90 bits per heavy atom. The molecule has 21 heavy (non-hydrogen) atoms. The molecule has 112 valence electrons. The zero-order chi connectivity index (χ0) is 15.1. The SMILES string of the molecule is CCCNc1cc(C)ncc1C(=O)NCCc1ncn[nH]1. The van der Waals surface area contributed by atoms with E-state index in [-0.39, 0.29) is 5.91 Å². The fourth-order valence-corrected chi connectivity index (χ4v) is 1.89. The number of carbonyl (C=O) groups is 1. The van der Waals surface area contributed by atoms with Crippen LogP contribution in [0, 0.1) is 6.92 Å². The van der Waals surface area contributed by atoms with Gasteiger partial charge in [-0.25, -0.2) is 4.98 Å². The number of H-pyrrole nitrogens is 1. The first-order valence-corrected chi connectivity index (χ1v) is 7.03. The molecule has 0 aliphatic heterocycles. The van der Waals surface area contributed by atoms with Crippen molar-refractivity contribution in [3.63, 3.8) is 0 Å². The van der Waals surface area contributed by atoms with Crippen LogP contribution in [0.15, 0.2) is 18.6 Å². The first kappa shape index (κ1) is 15.0. The molecule has 0 aliphatic carbocycles. The normalized spacial score (nSPS) is 10.4. The number of nitrogens with one attached hydrogen (secondary N) is 3.